The number of carbonyl (C=O) groups excluding carboxylic acids is 1. The minimum atomic E-state index is -0.131. The molecule has 1 fully saturated rings. The van der Waals surface area contributed by atoms with Crippen LogP contribution in [0.5, 0.6) is 0 Å². The van der Waals surface area contributed by atoms with E-state index < -0.39 is 0 Å². The highest BCUT2D eigenvalue weighted by atomic mass is 35.5. The molecule has 1 heterocycles. The van der Waals surface area contributed by atoms with Crippen molar-refractivity contribution in [1.82, 2.24) is 10.2 Å². The predicted molar refractivity (Wildman–Crippen MR) is 113 cm³/mol. The van der Waals surface area contributed by atoms with Crippen LogP contribution in [0, 0.1) is 0 Å². The van der Waals surface area contributed by atoms with E-state index in [9.17, 15) is 9.90 Å². The second-order valence-electron chi connectivity index (χ2n) is 7.58. The first-order valence-electron chi connectivity index (χ1n) is 10.1. The summed E-state index contributed by atoms with van der Waals surface area (Å²) >= 11 is 5.88. The van der Waals surface area contributed by atoms with Crippen molar-refractivity contribution in [2.75, 3.05) is 13.1 Å². The molecule has 2 aromatic rings. The Morgan fingerprint density at radius 1 is 1.00 bits per heavy atom. The number of nitrogens with zero attached hydrogens (tertiary/aromatic N) is 1. The summed E-state index contributed by atoms with van der Waals surface area (Å²) in [5, 5.41) is 13.3. The summed E-state index contributed by atoms with van der Waals surface area (Å²) in [5.41, 5.74) is 3.59. The number of carbonyl (C=O) groups is 1. The Balaban J connectivity index is 1.34. The van der Waals surface area contributed by atoms with Gasteiger partial charge in [-0.3, -0.25) is 9.69 Å². The number of hydrogen-bond acceptors (Lipinski definition) is 3. The van der Waals surface area contributed by atoms with E-state index in [-0.39, 0.29) is 12.0 Å². The third-order valence-electron chi connectivity index (χ3n) is 5.26. The van der Waals surface area contributed by atoms with Gasteiger partial charge in [0.05, 0.1) is 6.10 Å². The number of aliphatic hydroxyl groups excluding tert-OH is 1. The van der Waals surface area contributed by atoms with E-state index in [1.807, 2.05) is 24.3 Å². The van der Waals surface area contributed by atoms with Crippen molar-refractivity contribution in [3.8, 4) is 0 Å². The van der Waals surface area contributed by atoms with Crippen LogP contribution in [0.2, 0.25) is 5.02 Å². The van der Waals surface area contributed by atoms with Crippen LogP contribution in [-0.4, -0.2) is 35.1 Å². The van der Waals surface area contributed by atoms with Crippen molar-refractivity contribution in [1.29, 1.82) is 0 Å². The van der Waals surface area contributed by atoms with E-state index in [1.165, 1.54) is 11.1 Å². The van der Waals surface area contributed by atoms with Gasteiger partial charge in [0.2, 0.25) is 5.91 Å². The van der Waals surface area contributed by atoms with E-state index in [2.05, 4.69) is 34.5 Å². The summed E-state index contributed by atoms with van der Waals surface area (Å²) in [6, 6.07) is 16.2. The highest BCUT2D eigenvalue weighted by molar-refractivity contribution is 6.30. The SMILES string of the molecule is O=C(CCCc1ccc(Cl)cc1)NCc1ccc(CN2CCC(O)CC2)cc1. The molecule has 0 spiro atoms. The van der Waals surface area contributed by atoms with Crippen LogP contribution in [0.4, 0.5) is 0 Å². The monoisotopic (exact) mass is 400 g/mol. The molecule has 4 nitrogen and oxygen atoms in total. The lowest BCUT2D eigenvalue weighted by atomic mass is 10.1. The van der Waals surface area contributed by atoms with Crippen LogP contribution in [0.1, 0.15) is 42.4 Å². The molecule has 28 heavy (non-hydrogen) atoms. The van der Waals surface area contributed by atoms with Crippen LogP contribution >= 0.6 is 11.6 Å². The minimum Gasteiger partial charge on any atom is -0.393 e. The summed E-state index contributed by atoms with van der Waals surface area (Å²) in [7, 11) is 0. The van der Waals surface area contributed by atoms with Gasteiger partial charge < -0.3 is 10.4 Å². The number of rotatable bonds is 8. The number of amides is 1. The second kappa shape index (κ2) is 10.6. The fourth-order valence-electron chi connectivity index (χ4n) is 3.49. The Hall–Kier alpha value is -1.88. The summed E-state index contributed by atoms with van der Waals surface area (Å²) in [5.74, 6) is 0.0879. The molecule has 0 aliphatic carbocycles. The maximum Gasteiger partial charge on any atom is 0.220 e. The molecule has 0 radical (unpaired) electrons. The molecule has 0 unspecified atom stereocenters. The van der Waals surface area contributed by atoms with Crippen molar-refractivity contribution in [3.63, 3.8) is 0 Å². The summed E-state index contributed by atoms with van der Waals surface area (Å²) in [4.78, 5) is 14.4. The van der Waals surface area contributed by atoms with Crippen LogP contribution < -0.4 is 5.32 Å². The van der Waals surface area contributed by atoms with Crippen LogP contribution in [0.25, 0.3) is 0 Å². The number of halogens is 1. The molecule has 1 aliphatic rings. The van der Waals surface area contributed by atoms with E-state index >= 15 is 0 Å². The molecule has 2 N–H and O–H groups in total. The van der Waals surface area contributed by atoms with Gasteiger partial charge in [-0.1, -0.05) is 48.0 Å². The van der Waals surface area contributed by atoms with Gasteiger partial charge in [0.15, 0.2) is 0 Å². The largest absolute Gasteiger partial charge is 0.393 e. The third-order valence-corrected chi connectivity index (χ3v) is 5.51. The van der Waals surface area contributed by atoms with E-state index in [0.29, 0.717) is 13.0 Å². The molecule has 0 bridgehead atoms. The molecular weight excluding hydrogens is 372 g/mol. The molecule has 5 heteroatoms. The maximum absolute atomic E-state index is 12.1. The van der Waals surface area contributed by atoms with Crippen LogP contribution in [0.3, 0.4) is 0 Å². The van der Waals surface area contributed by atoms with E-state index in [0.717, 1.165) is 55.9 Å². The number of aliphatic hydroxyl groups is 1. The lowest BCUT2D eigenvalue weighted by Crippen LogP contribution is -2.35. The Morgan fingerprint density at radius 2 is 1.61 bits per heavy atom. The van der Waals surface area contributed by atoms with Crippen LogP contribution in [-0.2, 0) is 24.3 Å². The topological polar surface area (TPSA) is 52.6 Å². The average molecular weight is 401 g/mol. The highest BCUT2D eigenvalue weighted by Crippen LogP contribution is 2.15. The van der Waals surface area contributed by atoms with Gasteiger partial charge in [-0.25, -0.2) is 0 Å². The van der Waals surface area contributed by atoms with Crippen molar-refractivity contribution in [2.45, 2.75) is 51.3 Å². The van der Waals surface area contributed by atoms with Gasteiger partial charge in [0.1, 0.15) is 0 Å². The molecule has 0 aromatic heterocycles. The molecular formula is C23H29ClN2O2. The number of hydrogen-bond donors (Lipinski definition) is 2. The zero-order chi connectivity index (χ0) is 19.8. The first kappa shape index (κ1) is 20.8. The van der Waals surface area contributed by atoms with Gasteiger partial charge in [0.25, 0.3) is 0 Å². The average Bonchev–Trinajstić information content (AvgIpc) is 2.71. The fraction of sp³-hybridized carbons (Fsp3) is 0.435. The molecule has 2 aromatic carbocycles. The number of piperidine rings is 1. The molecule has 0 atom stereocenters. The van der Waals surface area contributed by atoms with Crippen molar-refractivity contribution >= 4 is 17.5 Å². The van der Waals surface area contributed by atoms with Gasteiger partial charge in [-0.05, 0) is 54.5 Å². The zero-order valence-corrected chi connectivity index (χ0v) is 17.0. The lowest BCUT2D eigenvalue weighted by molar-refractivity contribution is -0.121. The van der Waals surface area contributed by atoms with Crippen molar-refractivity contribution in [3.05, 3.63) is 70.2 Å². The Kier molecular flexibility index (Phi) is 7.90. The van der Waals surface area contributed by atoms with Crippen molar-refractivity contribution in [2.24, 2.45) is 0 Å². The maximum atomic E-state index is 12.1. The second-order valence-corrected chi connectivity index (χ2v) is 8.02. The smallest absolute Gasteiger partial charge is 0.220 e. The lowest BCUT2D eigenvalue weighted by Gasteiger charge is -2.29. The Morgan fingerprint density at radius 3 is 2.29 bits per heavy atom. The van der Waals surface area contributed by atoms with E-state index in [4.69, 9.17) is 11.6 Å². The van der Waals surface area contributed by atoms with Crippen molar-refractivity contribution < 1.29 is 9.90 Å². The normalized spacial score (nSPS) is 15.5. The Labute approximate surface area is 172 Å². The fourth-order valence-corrected chi connectivity index (χ4v) is 3.62. The summed E-state index contributed by atoms with van der Waals surface area (Å²) in [6.07, 6.45) is 3.84. The number of nitrogens with one attached hydrogen (secondary N) is 1. The summed E-state index contributed by atoms with van der Waals surface area (Å²) < 4.78 is 0. The predicted octanol–water partition coefficient (Wildman–Crippen LogP) is 3.94. The first-order valence-corrected chi connectivity index (χ1v) is 10.5. The zero-order valence-electron chi connectivity index (χ0n) is 16.2. The molecule has 1 amide bonds. The third kappa shape index (κ3) is 6.93. The molecule has 3 rings (SSSR count). The number of benzene rings is 2. The van der Waals surface area contributed by atoms with E-state index in [1.54, 1.807) is 0 Å². The standard InChI is InChI=1S/C23H29ClN2O2/c24-21-10-8-18(9-11-21)2-1-3-23(28)25-16-19-4-6-20(7-5-19)17-26-14-12-22(27)13-15-26/h4-11,22,27H,1-3,12-17H2,(H,25,28). The Bertz CT molecular complexity index is 738. The quantitative estimate of drug-likeness (QED) is 0.705. The number of aryl methyl sites for hydroxylation is 1. The van der Waals surface area contributed by atoms with Crippen LogP contribution in [0.15, 0.2) is 48.5 Å². The molecule has 1 saturated heterocycles. The molecule has 150 valence electrons. The molecule has 0 saturated carbocycles. The highest BCUT2D eigenvalue weighted by Gasteiger charge is 2.16. The number of likely N-dealkylation sites (tertiary alicyclic amines) is 1. The minimum absolute atomic E-state index is 0.0879. The molecule has 1 aliphatic heterocycles. The van der Waals surface area contributed by atoms with Gasteiger partial charge >= 0.3 is 0 Å². The summed E-state index contributed by atoms with van der Waals surface area (Å²) in [6.45, 7) is 3.39. The van der Waals surface area contributed by atoms with Gasteiger partial charge in [0, 0.05) is 37.6 Å². The van der Waals surface area contributed by atoms with Gasteiger partial charge in [-0.15, -0.1) is 0 Å². The first-order chi connectivity index (χ1) is 13.6. The van der Waals surface area contributed by atoms with Gasteiger partial charge in [-0.2, -0.15) is 0 Å².